The first-order chi connectivity index (χ1) is 7.84. The van der Waals surface area contributed by atoms with E-state index in [1.54, 1.807) is 0 Å². The molecule has 0 saturated carbocycles. The van der Waals surface area contributed by atoms with Crippen LogP contribution in [-0.2, 0) is 0 Å². The SMILES string of the molecule is CC(C)Oc1ccc(C(CN)C(F)(F)F)cc1. The molecule has 0 aromatic heterocycles. The highest BCUT2D eigenvalue weighted by molar-refractivity contribution is 5.30. The predicted octanol–water partition coefficient (Wildman–Crippen LogP) is 3.08. The number of rotatable bonds is 4. The molecule has 1 rings (SSSR count). The van der Waals surface area contributed by atoms with E-state index in [0.717, 1.165) is 0 Å². The van der Waals surface area contributed by atoms with E-state index in [9.17, 15) is 13.2 Å². The summed E-state index contributed by atoms with van der Waals surface area (Å²) >= 11 is 0. The van der Waals surface area contributed by atoms with Gasteiger partial charge in [0.05, 0.1) is 12.0 Å². The minimum atomic E-state index is -4.31. The number of ether oxygens (including phenoxy) is 1. The topological polar surface area (TPSA) is 35.2 Å². The number of hydrogen-bond acceptors (Lipinski definition) is 2. The van der Waals surface area contributed by atoms with Crippen LogP contribution in [0.25, 0.3) is 0 Å². The van der Waals surface area contributed by atoms with Crippen molar-refractivity contribution in [2.75, 3.05) is 6.54 Å². The summed E-state index contributed by atoms with van der Waals surface area (Å²) in [5.74, 6) is -1.06. The smallest absolute Gasteiger partial charge is 0.396 e. The highest BCUT2D eigenvalue weighted by Crippen LogP contribution is 2.34. The van der Waals surface area contributed by atoms with Crippen molar-refractivity contribution >= 4 is 0 Å². The first kappa shape index (κ1) is 13.8. The second kappa shape index (κ2) is 5.40. The van der Waals surface area contributed by atoms with E-state index >= 15 is 0 Å². The maximum atomic E-state index is 12.6. The van der Waals surface area contributed by atoms with E-state index in [0.29, 0.717) is 5.75 Å². The summed E-state index contributed by atoms with van der Waals surface area (Å²) in [4.78, 5) is 0. The van der Waals surface area contributed by atoms with Crippen molar-refractivity contribution in [1.82, 2.24) is 0 Å². The van der Waals surface area contributed by atoms with E-state index < -0.39 is 18.6 Å². The molecule has 0 aliphatic rings. The molecule has 1 aromatic rings. The zero-order chi connectivity index (χ0) is 13.1. The summed E-state index contributed by atoms with van der Waals surface area (Å²) in [5, 5.41) is 0. The number of nitrogens with two attached hydrogens (primary N) is 1. The van der Waals surface area contributed by atoms with Crippen LogP contribution in [0.5, 0.6) is 5.75 Å². The Hall–Kier alpha value is -1.23. The first-order valence-electron chi connectivity index (χ1n) is 5.38. The number of halogens is 3. The average molecular weight is 247 g/mol. The third-order valence-electron chi connectivity index (χ3n) is 2.29. The van der Waals surface area contributed by atoms with Gasteiger partial charge in [-0.3, -0.25) is 0 Å². The van der Waals surface area contributed by atoms with E-state index in [1.165, 1.54) is 24.3 Å². The van der Waals surface area contributed by atoms with Crippen LogP contribution in [0.4, 0.5) is 13.2 Å². The van der Waals surface area contributed by atoms with Gasteiger partial charge in [-0.1, -0.05) is 12.1 Å². The molecule has 0 bridgehead atoms. The minimum Gasteiger partial charge on any atom is -0.491 e. The lowest BCUT2D eigenvalue weighted by molar-refractivity contribution is -0.148. The van der Waals surface area contributed by atoms with Gasteiger partial charge in [0.1, 0.15) is 5.75 Å². The minimum absolute atomic E-state index is 0.00577. The molecule has 0 radical (unpaired) electrons. The summed E-state index contributed by atoms with van der Waals surface area (Å²) in [6, 6.07) is 5.87. The van der Waals surface area contributed by atoms with Crippen LogP contribution in [0.3, 0.4) is 0 Å². The monoisotopic (exact) mass is 247 g/mol. The van der Waals surface area contributed by atoms with Crippen LogP contribution in [-0.4, -0.2) is 18.8 Å². The van der Waals surface area contributed by atoms with Crippen molar-refractivity contribution in [1.29, 1.82) is 0 Å². The van der Waals surface area contributed by atoms with Crippen molar-refractivity contribution in [3.63, 3.8) is 0 Å². The summed E-state index contributed by atoms with van der Waals surface area (Å²) < 4.78 is 43.2. The van der Waals surface area contributed by atoms with Crippen molar-refractivity contribution in [3.05, 3.63) is 29.8 Å². The standard InChI is InChI=1S/C12H16F3NO/c1-8(2)17-10-5-3-9(4-6-10)11(7-16)12(13,14)15/h3-6,8,11H,7,16H2,1-2H3. The maximum absolute atomic E-state index is 12.6. The summed E-state index contributed by atoms with van der Waals surface area (Å²) in [5.41, 5.74) is 5.32. The van der Waals surface area contributed by atoms with Crippen molar-refractivity contribution in [2.45, 2.75) is 32.0 Å². The normalized spacial score (nSPS) is 13.8. The molecule has 1 unspecified atom stereocenters. The van der Waals surface area contributed by atoms with Gasteiger partial charge in [-0.05, 0) is 31.5 Å². The van der Waals surface area contributed by atoms with E-state index in [1.807, 2.05) is 13.8 Å². The Balaban J connectivity index is 2.86. The Morgan fingerprint density at radius 1 is 1.18 bits per heavy atom. The van der Waals surface area contributed by atoms with Crippen LogP contribution < -0.4 is 10.5 Å². The van der Waals surface area contributed by atoms with E-state index in [-0.39, 0.29) is 11.7 Å². The Labute approximate surface area is 98.6 Å². The second-order valence-corrected chi connectivity index (χ2v) is 4.07. The second-order valence-electron chi connectivity index (χ2n) is 4.07. The molecule has 1 aromatic carbocycles. The van der Waals surface area contributed by atoms with Crippen molar-refractivity contribution < 1.29 is 17.9 Å². The molecular formula is C12H16F3NO. The molecule has 5 heteroatoms. The zero-order valence-corrected chi connectivity index (χ0v) is 9.79. The Morgan fingerprint density at radius 2 is 1.71 bits per heavy atom. The van der Waals surface area contributed by atoms with Gasteiger partial charge in [-0.25, -0.2) is 0 Å². The molecule has 96 valence electrons. The fraction of sp³-hybridized carbons (Fsp3) is 0.500. The first-order valence-corrected chi connectivity index (χ1v) is 5.38. The molecule has 0 spiro atoms. The molecule has 0 amide bonds. The van der Waals surface area contributed by atoms with Gasteiger partial charge < -0.3 is 10.5 Å². The molecule has 0 heterocycles. The van der Waals surface area contributed by atoms with Gasteiger partial charge in [0.25, 0.3) is 0 Å². The number of benzene rings is 1. The third-order valence-corrected chi connectivity index (χ3v) is 2.29. The zero-order valence-electron chi connectivity index (χ0n) is 9.79. The lowest BCUT2D eigenvalue weighted by atomic mass is 9.99. The molecule has 17 heavy (non-hydrogen) atoms. The van der Waals surface area contributed by atoms with E-state index in [4.69, 9.17) is 10.5 Å². The van der Waals surface area contributed by atoms with Crippen molar-refractivity contribution in [2.24, 2.45) is 5.73 Å². The number of alkyl halides is 3. The lowest BCUT2D eigenvalue weighted by Gasteiger charge is -2.19. The molecule has 1 atom stereocenters. The van der Waals surface area contributed by atoms with Gasteiger partial charge in [-0.2, -0.15) is 13.2 Å². The molecule has 0 fully saturated rings. The lowest BCUT2D eigenvalue weighted by Crippen LogP contribution is -2.27. The van der Waals surface area contributed by atoms with Crippen molar-refractivity contribution in [3.8, 4) is 5.75 Å². The summed E-state index contributed by atoms with van der Waals surface area (Å²) in [6.45, 7) is 3.26. The van der Waals surface area contributed by atoms with Gasteiger partial charge in [0, 0.05) is 6.54 Å². The van der Waals surface area contributed by atoms with Gasteiger partial charge in [-0.15, -0.1) is 0 Å². The summed E-state index contributed by atoms with van der Waals surface area (Å²) in [6.07, 6.45) is -4.32. The van der Waals surface area contributed by atoms with Crippen LogP contribution in [0.1, 0.15) is 25.3 Å². The fourth-order valence-corrected chi connectivity index (χ4v) is 1.51. The third kappa shape index (κ3) is 3.93. The largest absolute Gasteiger partial charge is 0.491 e. The highest BCUT2D eigenvalue weighted by Gasteiger charge is 2.39. The van der Waals surface area contributed by atoms with Crippen LogP contribution in [0.2, 0.25) is 0 Å². The van der Waals surface area contributed by atoms with Gasteiger partial charge in [0.15, 0.2) is 0 Å². The average Bonchev–Trinajstić information content (AvgIpc) is 2.18. The Bertz CT molecular complexity index is 346. The molecule has 0 aliphatic carbocycles. The maximum Gasteiger partial charge on any atom is 0.396 e. The molecule has 0 aliphatic heterocycles. The van der Waals surface area contributed by atoms with Crippen LogP contribution in [0, 0.1) is 0 Å². The van der Waals surface area contributed by atoms with E-state index in [2.05, 4.69) is 0 Å². The molecule has 0 saturated heterocycles. The molecule has 2 nitrogen and oxygen atoms in total. The molecule has 2 N–H and O–H groups in total. The Morgan fingerprint density at radius 3 is 2.06 bits per heavy atom. The van der Waals surface area contributed by atoms with Gasteiger partial charge in [0.2, 0.25) is 0 Å². The fourth-order valence-electron chi connectivity index (χ4n) is 1.51. The summed E-state index contributed by atoms with van der Waals surface area (Å²) in [7, 11) is 0. The highest BCUT2D eigenvalue weighted by atomic mass is 19.4. The Kier molecular flexibility index (Phi) is 4.40. The van der Waals surface area contributed by atoms with Crippen LogP contribution >= 0.6 is 0 Å². The quantitative estimate of drug-likeness (QED) is 0.887. The van der Waals surface area contributed by atoms with Crippen LogP contribution in [0.15, 0.2) is 24.3 Å². The number of hydrogen-bond donors (Lipinski definition) is 1. The predicted molar refractivity (Wildman–Crippen MR) is 60.1 cm³/mol. The van der Waals surface area contributed by atoms with Gasteiger partial charge >= 0.3 is 6.18 Å². The molecular weight excluding hydrogens is 231 g/mol.